The molecule has 18 heavy (non-hydrogen) atoms. The Balaban J connectivity index is 1.69. The van der Waals surface area contributed by atoms with E-state index in [1.54, 1.807) is 18.2 Å². The van der Waals surface area contributed by atoms with Gasteiger partial charge in [0.2, 0.25) is 0 Å². The molecule has 0 radical (unpaired) electrons. The fourth-order valence-corrected chi connectivity index (χ4v) is 2.09. The van der Waals surface area contributed by atoms with Crippen molar-refractivity contribution in [1.82, 2.24) is 4.90 Å². The van der Waals surface area contributed by atoms with Crippen LogP contribution in [0.25, 0.3) is 0 Å². The molecule has 1 aliphatic rings. The van der Waals surface area contributed by atoms with E-state index in [0.29, 0.717) is 23.1 Å². The van der Waals surface area contributed by atoms with Crippen LogP contribution >= 0.6 is 11.6 Å². The average Bonchev–Trinajstić information content (AvgIpc) is 2.40. The molecule has 0 saturated carbocycles. The van der Waals surface area contributed by atoms with Gasteiger partial charge >= 0.3 is 0 Å². The van der Waals surface area contributed by atoms with Crippen LogP contribution in [0.3, 0.4) is 0 Å². The highest BCUT2D eigenvalue weighted by molar-refractivity contribution is 6.30. The third-order valence-electron chi connectivity index (χ3n) is 2.96. The van der Waals surface area contributed by atoms with Crippen molar-refractivity contribution in [1.29, 1.82) is 0 Å². The number of nitrogens with two attached hydrogens (primary N) is 1. The molecule has 1 heterocycles. The van der Waals surface area contributed by atoms with Crippen LogP contribution in [0.2, 0.25) is 5.02 Å². The average molecular weight is 271 g/mol. The molecule has 1 saturated heterocycles. The number of hydrogen-bond donors (Lipinski definition) is 1. The summed E-state index contributed by atoms with van der Waals surface area (Å²) in [6, 6.07) is 5.28. The Morgan fingerprint density at radius 2 is 2.11 bits per heavy atom. The lowest BCUT2D eigenvalue weighted by atomic mass is 10.3. The molecule has 100 valence electrons. The van der Waals surface area contributed by atoms with Gasteiger partial charge < -0.3 is 15.2 Å². The van der Waals surface area contributed by atoms with Crippen molar-refractivity contribution in [2.75, 3.05) is 45.2 Å². The summed E-state index contributed by atoms with van der Waals surface area (Å²) in [6.07, 6.45) is 0.978. The van der Waals surface area contributed by atoms with Crippen LogP contribution in [0.4, 0.5) is 5.69 Å². The zero-order valence-corrected chi connectivity index (χ0v) is 11.2. The van der Waals surface area contributed by atoms with Crippen molar-refractivity contribution in [3.05, 3.63) is 23.2 Å². The van der Waals surface area contributed by atoms with Gasteiger partial charge in [-0.3, -0.25) is 4.90 Å². The van der Waals surface area contributed by atoms with Crippen LogP contribution in [0, 0.1) is 0 Å². The molecule has 1 fully saturated rings. The normalized spacial score (nSPS) is 16.7. The van der Waals surface area contributed by atoms with Gasteiger partial charge in [-0.15, -0.1) is 0 Å². The Morgan fingerprint density at radius 1 is 1.33 bits per heavy atom. The highest BCUT2D eigenvalue weighted by Crippen LogP contribution is 2.25. The Bertz CT molecular complexity index is 381. The van der Waals surface area contributed by atoms with E-state index < -0.39 is 0 Å². The van der Waals surface area contributed by atoms with Gasteiger partial charge in [0.05, 0.1) is 25.5 Å². The summed E-state index contributed by atoms with van der Waals surface area (Å²) >= 11 is 5.89. The number of hydrogen-bond acceptors (Lipinski definition) is 4. The van der Waals surface area contributed by atoms with Crippen LogP contribution in [0.1, 0.15) is 6.42 Å². The van der Waals surface area contributed by atoms with E-state index in [2.05, 4.69) is 4.90 Å². The predicted octanol–water partition coefficient (Wildman–Crippen LogP) is 2.02. The largest absolute Gasteiger partial charge is 0.491 e. The van der Waals surface area contributed by atoms with Gasteiger partial charge in [-0.05, 0) is 18.6 Å². The molecule has 0 unspecified atom stereocenters. The number of nitrogens with zero attached hydrogens (tertiary/aromatic N) is 1. The Morgan fingerprint density at radius 3 is 2.89 bits per heavy atom. The second-order valence-electron chi connectivity index (χ2n) is 4.34. The Labute approximate surface area is 113 Å². The lowest BCUT2D eigenvalue weighted by Gasteiger charge is -2.26. The molecule has 1 aromatic rings. The summed E-state index contributed by atoms with van der Waals surface area (Å²) in [6.45, 7) is 5.38. The number of rotatable bonds is 5. The smallest absolute Gasteiger partial charge is 0.143 e. The molecule has 1 aliphatic heterocycles. The molecular formula is C13H19ClN2O2. The predicted molar refractivity (Wildman–Crippen MR) is 73.2 cm³/mol. The third-order valence-corrected chi connectivity index (χ3v) is 3.19. The van der Waals surface area contributed by atoms with E-state index in [1.807, 2.05) is 0 Å². The van der Waals surface area contributed by atoms with Gasteiger partial charge in [0.25, 0.3) is 0 Å². The summed E-state index contributed by atoms with van der Waals surface area (Å²) in [5.41, 5.74) is 6.43. The lowest BCUT2D eigenvalue weighted by molar-refractivity contribution is 0.0358. The fourth-order valence-electron chi connectivity index (χ4n) is 1.93. The van der Waals surface area contributed by atoms with Gasteiger partial charge in [-0.1, -0.05) is 11.6 Å². The summed E-state index contributed by atoms with van der Waals surface area (Å²) in [4.78, 5) is 2.38. The second kappa shape index (κ2) is 6.83. The van der Waals surface area contributed by atoms with Gasteiger partial charge in [0.1, 0.15) is 5.75 Å². The molecule has 0 aliphatic carbocycles. The van der Waals surface area contributed by atoms with Crippen molar-refractivity contribution >= 4 is 17.3 Å². The van der Waals surface area contributed by atoms with Gasteiger partial charge in [-0.25, -0.2) is 0 Å². The first-order valence-electron chi connectivity index (χ1n) is 6.23. The van der Waals surface area contributed by atoms with Crippen LogP contribution in [0.15, 0.2) is 18.2 Å². The maximum atomic E-state index is 5.89. The molecule has 4 nitrogen and oxygen atoms in total. The van der Waals surface area contributed by atoms with Crippen molar-refractivity contribution in [2.24, 2.45) is 0 Å². The van der Waals surface area contributed by atoms with Crippen LogP contribution in [-0.2, 0) is 4.74 Å². The third kappa shape index (κ3) is 4.05. The van der Waals surface area contributed by atoms with E-state index in [1.165, 1.54) is 0 Å². The van der Waals surface area contributed by atoms with E-state index in [4.69, 9.17) is 26.8 Å². The minimum absolute atomic E-state index is 0.630. The number of nitrogen functional groups attached to an aromatic ring is 1. The first kappa shape index (κ1) is 13.5. The fraction of sp³-hybridized carbons (Fsp3) is 0.538. The molecule has 0 aromatic heterocycles. The molecule has 5 heteroatoms. The first-order valence-corrected chi connectivity index (χ1v) is 6.61. The molecule has 2 rings (SSSR count). The highest BCUT2D eigenvalue weighted by Gasteiger charge is 2.09. The van der Waals surface area contributed by atoms with Crippen molar-refractivity contribution < 1.29 is 9.47 Å². The maximum absolute atomic E-state index is 5.89. The van der Waals surface area contributed by atoms with E-state index in [-0.39, 0.29) is 0 Å². The SMILES string of the molecule is Nc1ccc(Cl)cc1OCCCN1CCOCC1. The summed E-state index contributed by atoms with van der Waals surface area (Å²) in [5.74, 6) is 0.671. The number of halogens is 1. The molecular weight excluding hydrogens is 252 g/mol. The van der Waals surface area contributed by atoms with E-state index in [9.17, 15) is 0 Å². The number of anilines is 1. The zero-order chi connectivity index (χ0) is 12.8. The minimum atomic E-state index is 0.630. The summed E-state index contributed by atoms with van der Waals surface area (Å²) < 4.78 is 10.9. The van der Waals surface area contributed by atoms with Gasteiger partial charge in [-0.2, -0.15) is 0 Å². The zero-order valence-electron chi connectivity index (χ0n) is 10.4. The van der Waals surface area contributed by atoms with Crippen LogP contribution < -0.4 is 10.5 Å². The van der Waals surface area contributed by atoms with Crippen molar-refractivity contribution in [3.8, 4) is 5.75 Å². The molecule has 1 aromatic carbocycles. The number of benzene rings is 1. The molecule has 0 spiro atoms. The number of morpholine rings is 1. The molecule has 0 amide bonds. The Kier molecular flexibility index (Phi) is 5.11. The van der Waals surface area contributed by atoms with Crippen molar-refractivity contribution in [2.45, 2.75) is 6.42 Å². The minimum Gasteiger partial charge on any atom is -0.491 e. The first-order chi connectivity index (χ1) is 8.75. The van der Waals surface area contributed by atoms with Crippen molar-refractivity contribution in [3.63, 3.8) is 0 Å². The molecule has 0 atom stereocenters. The molecule has 2 N–H and O–H groups in total. The standard InChI is InChI=1S/C13H19ClN2O2/c14-11-2-3-12(15)13(10-11)18-7-1-4-16-5-8-17-9-6-16/h2-3,10H,1,4-9,15H2. The highest BCUT2D eigenvalue weighted by atomic mass is 35.5. The monoisotopic (exact) mass is 270 g/mol. The summed E-state index contributed by atoms with van der Waals surface area (Å²) in [7, 11) is 0. The molecule has 0 bridgehead atoms. The Hall–Kier alpha value is -0.970. The maximum Gasteiger partial charge on any atom is 0.143 e. The van der Waals surface area contributed by atoms with E-state index in [0.717, 1.165) is 39.3 Å². The van der Waals surface area contributed by atoms with Gasteiger partial charge in [0.15, 0.2) is 0 Å². The lowest BCUT2D eigenvalue weighted by Crippen LogP contribution is -2.37. The van der Waals surface area contributed by atoms with Crippen LogP contribution in [-0.4, -0.2) is 44.4 Å². The topological polar surface area (TPSA) is 47.7 Å². The van der Waals surface area contributed by atoms with E-state index >= 15 is 0 Å². The quantitative estimate of drug-likeness (QED) is 0.657. The number of ether oxygens (including phenoxy) is 2. The second-order valence-corrected chi connectivity index (χ2v) is 4.77. The summed E-state index contributed by atoms with van der Waals surface area (Å²) in [5, 5.41) is 0.646. The van der Waals surface area contributed by atoms with Gasteiger partial charge in [0, 0.05) is 30.7 Å². The van der Waals surface area contributed by atoms with Crippen LogP contribution in [0.5, 0.6) is 5.75 Å².